The van der Waals surface area contributed by atoms with Crippen LogP contribution in [0.25, 0.3) is 23.3 Å². The van der Waals surface area contributed by atoms with E-state index in [1.807, 2.05) is 18.2 Å². The predicted molar refractivity (Wildman–Crippen MR) is 111 cm³/mol. The lowest BCUT2D eigenvalue weighted by molar-refractivity contribution is 0.343. The van der Waals surface area contributed by atoms with E-state index in [9.17, 15) is 0 Å². The van der Waals surface area contributed by atoms with E-state index in [1.54, 1.807) is 55.3 Å². The number of benzene rings is 1. The van der Waals surface area contributed by atoms with Crippen LogP contribution in [0.2, 0.25) is 0 Å². The highest BCUT2D eigenvalue weighted by Gasteiger charge is 2.14. The van der Waals surface area contributed by atoms with Crippen LogP contribution in [0.4, 0.5) is 5.95 Å². The molecule has 0 aliphatic rings. The summed E-state index contributed by atoms with van der Waals surface area (Å²) >= 11 is 0. The van der Waals surface area contributed by atoms with Gasteiger partial charge >= 0.3 is 0 Å². The maximum atomic E-state index is 9.09. The van der Waals surface area contributed by atoms with Crippen molar-refractivity contribution in [1.29, 1.82) is 0 Å². The second kappa shape index (κ2) is 8.66. The molecule has 30 heavy (non-hydrogen) atoms. The van der Waals surface area contributed by atoms with Crippen LogP contribution in [0.15, 0.2) is 53.2 Å². The first-order valence-electron chi connectivity index (χ1n) is 9.25. The van der Waals surface area contributed by atoms with Crippen LogP contribution in [0.5, 0.6) is 11.5 Å². The van der Waals surface area contributed by atoms with Crippen molar-refractivity contribution in [2.45, 2.75) is 6.54 Å². The molecule has 0 saturated carbocycles. The van der Waals surface area contributed by atoms with Crippen LogP contribution in [-0.4, -0.2) is 45.5 Å². The molecular weight excluding hydrogens is 386 g/mol. The number of methoxy groups -OCH3 is 2. The van der Waals surface area contributed by atoms with Gasteiger partial charge in [0.1, 0.15) is 0 Å². The smallest absolute Gasteiger partial charge is 0.226 e. The topological polar surface area (TPSA) is 107 Å². The molecule has 3 heterocycles. The van der Waals surface area contributed by atoms with E-state index >= 15 is 0 Å². The number of aliphatic hydroxyl groups is 1. The Morgan fingerprint density at radius 1 is 1.13 bits per heavy atom. The summed E-state index contributed by atoms with van der Waals surface area (Å²) in [4.78, 5) is 9.12. The molecule has 0 bridgehead atoms. The summed E-state index contributed by atoms with van der Waals surface area (Å²) in [7, 11) is 3.20. The molecule has 4 rings (SSSR count). The van der Waals surface area contributed by atoms with Crippen molar-refractivity contribution in [3.8, 4) is 23.1 Å². The zero-order chi connectivity index (χ0) is 20.9. The molecule has 4 aromatic rings. The van der Waals surface area contributed by atoms with Crippen molar-refractivity contribution < 1.29 is 19.0 Å². The molecule has 0 aliphatic heterocycles. The van der Waals surface area contributed by atoms with Crippen LogP contribution < -0.4 is 14.8 Å². The van der Waals surface area contributed by atoms with Gasteiger partial charge in [-0.25, -0.2) is 9.97 Å². The van der Waals surface area contributed by atoms with E-state index in [4.69, 9.17) is 19.0 Å². The molecule has 0 amide bonds. The molecule has 0 aliphatic carbocycles. The van der Waals surface area contributed by atoms with Crippen molar-refractivity contribution in [3.05, 3.63) is 60.0 Å². The first-order chi connectivity index (χ1) is 14.7. The van der Waals surface area contributed by atoms with Gasteiger partial charge in [-0.15, -0.1) is 5.10 Å². The van der Waals surface area contributed by atoms with Gasteiger partial charge in [0, 0.05) is 12.6 Å². The summed E-state index contributed by atoms with van der Waals surface area (Å²) in [5, 5.41) is 16.9. The normalized spacial score (nSPS) is 11.3. The number of hydrogen-bond donors (Lipinski definition) is 2. The SMILES string of the molecule is COc1ccc(CNc2nc(C=CCO)cc3nc(-c4ccco4)nn23)cc1OC. The molecule has 2 N–H and O–H groups in total. The molecule has 9 heteroatoms. The van der Waals surface area contributed by atoms with Crippen LogP contribution in [0, 0.1) is 0 Å². The van der Waals surface area contributed by atoms with Crippen molar-refractivity contribution in [3.63, 3.8) is 0 Å². The maximum Gasteiger partial charge on any atom is 0.226 e. The lowest BCUT2D eigenvalue weighted by Crippen LogP contribution is -2.08. The second-order valence-electron chi connectivity index (χ2n) is 6.32. The van der Waals surface area contributed by atoms with Crippen molar-refractivity contribution in [1.82, 2.24) is 19.6 Å². The molecule has 0 fully saturated rings. The van der Waals surface area contributed by atoms with Crippen LogP contribution in [0.3, 0.4) is 0 Å². The molecule has 0 spiro atoms. The van der Waals surface area contributed by atoms with E-state index in [1.165, 1.54) is 0 Å². The lowest BCUT2D eigenvalue weighted by Gasteiger charge is -2.11. The first kappa shape index (κ1) is 19.5. The fraction of sp³-hybridized carbons (Fsp3) is 0.190. The highest BCUT2D eigenvalue weighted by Crippen LogP contribution is 2.28. The number of rotatable bonds is 8. The largest absolute Gasteiger partial charge is 0.493 e. The zero-order valence-corrected chi connectivity index (χ0v) is 16.6. The summed E-state index contributed by atoms with van der Waals surface area (Å²) in [6.45, 7) is 0.400. The number of aliphatic hydroxyl groups excluding tert-OH is 1. The Hall–Kier alpha value is -3.85. The Morgan fingerprint density at radius 2 is 2.00 bits per heavy atom. The third-order valence-corrected chi connectivity index (χ3v) is 4.38. The molecule has 3 aromatic heterocycles. The highest BCUT2D eigenvalue weighted by atomic mass is 16.5. The van der Waals surface area contributed by atoms with Gasteiger partial charge in [0.05, 0.1) is 32.8 Å². The van der Waals surface area contributed by atoms with Gasteiger partial charge in [-0.1, -0.05) is 12.1 Å². The van der Waals surface area contributed by atoms with E-state index in [0.717, 1.165) is 5.56 Å². The van der Waals surface area contributed by atoms with Gasteiger partial charge in [0.15, 0.2) is 22.9 Å². The van der Waals surface area contributed by atoms with E-state index in [-0.39, 0.29) is 6.61 Å². The highest BCUT2D eigenvalue weighted by molar-refractivity contribution is 5.59. The molecule has 0 unspecified atom stereocenters. The standard InChI is InChI=1S/C21H21N5O4/c1-28-16-8-7-14(11-18(16)29-2)13-22-21-23-15(5-3-9-27)12-19-24-20(25-26(19)21)17-6-4-10-30-17/h3-8,10-12,27H,9,13H2,1-2H3,(H,22,23). The second-order valence-corrected chi connectivity index (χ2v) is 6.32. The van der Waals surface area contributed by atoms with Gasteiger partial charge in [-0.3, -0.25) is 0 Å². The molecule has 1 aromatic carbocycles. The Morgan fingerprint density at radius 3 is 2.73 bits per heavy atom. The lowest BCUT2D eigenvalue weighted by atomic mass is 10.2. The number of furan rings is 1. The number of ether oxygens (including phenoxy) is 2. The molecule has 0 saturated heterocycles. The summed E-state index contributed by atoms with van der Waals surface area (Å²) in [5.74, 6) is 2.84. The van der Waals surface area contributed by atoms with E-state index in [0.29, 0.717) is 46.9 Å². The number of nitrogens with one attached hydrogen (secondary N) is 1. The summed E-state index contributed by atoms with van der Waals surface area (Å²) in [5.41, 5.74) is 2.22. The quantitative estimate of drug-likeness (QED) is 0.459. The summed E-state index contributed by atoms with van der Waals surface area (Å²) in [6.07, 6.45) is 4.91. The Labute approximate surface area is 172 Å². The number of hydrogen-bond acceptors (Lipinski definition) is 8. The summed E-state index contributed by atoms with van der Waals surface area (Å²) in [6, 6.07) is 11.1. The maximum absolute atomic E-state index is 9.09. The van der Waals surface area contributed by atoms with Crippen LogP contribution >= 0.6 is 0 Å². The fourth-order valence-electron chi connectivity index (χ4n) is 2.96. The average molecular weight is 407 g/mol. The van der Waals surface area contributed by atoms with Crippen molar-refractivity contribution in [2.24, 2.45) is 0 Å². The number of anilines is 1. The Bertz CT molecular complexity index is 1170. The third-order valence-electron chi connectivity index (χ3n) is 4.38. The number of fused-ring (bicyclic) bond motifs is 1. The van der Waals surface area contributed by atoms with Gasteiger partial charge < -0.3 is 24.3 Å². The van der Waals surface area contributed by atoms with E-state index < -0.39 is 0 Å². The van der Waals surface area contributed by atoms with Crippen molar-refractivity contribution >= 4 is 17.7 Å². The minimum absolute atomic E-state index is 0.0778. The average Bonchev–Trinajstić information content (AvgIpc) is 3.45. The number of aromatic nitrogens is 4. The molecule has 9 nitrogen and oxygen atoms in total. The Balaban J connectivity index is 1.68. The van der Waals surface area contributed by atoms with Gasteiger partial charge in [0.2, 0.25) is 11.8 Å². The predicted octanol–water partition coefficient (Wildman–Crippen LogP) is 3.02. The third kappa shape index (κ3) is 3.96. The van der Waals surface area contributed by atoms with Crippen molar-refractivity contribution in [2.75, 3.05) is 26.1 Å². The van der Waals surface area contributed by atoms with Crippen LogP contribution in [-0.2, 0) is 6.54 Å². The zero-order valence-electron chi connectivity index (χ0n) is 16.6. The molecular formula is C21H21N5O4. The molecule has 0 atom stereocenters. The monoisotopic (exact) mass is 407 g/mol. The van der Waals surface area contributed by atoms with E-state index in [2.05, 4.69) is 20.4 Å². The van der Waals surface area contributed by atoms with Crippen LogP contribution in [0.1, 0.15) is 11.3 Å². The summed E-state index contributed by atoms with van der Waals surface area (Å²) < 4.78 is 17.7. The first-order valence-corrected chi connectivity index (χ1v) is 9.25. The minimum atomic E-state index is -0.0778. The molecule has 0 radical (unpaired) electrons. The van der Waals surface area contributed by atoms with Gasteiger partial charge in [-0.2, -0.15) is 4.52 Å². The van der Waals surface area contributed by atoms with Gasteiger partial charge in [-0.05, 0) is 35.9 Å². The molecule has 154 valence electrons. The van der Waals surface area contributed by atoms with Gasteiger partial charge in [0.25, 0.3) is 0 Å². The fourth-order valence-corrected chi connectivity index (χ4v) is 2.96. The minimum Gasteiger partial charge on any atom is -0.493 e. The number of nitrogens with zero attached hydrogens (tertiary/aromatic N) is 4. The Kier molecular flexibility index (Phi) is 5.62.